The molecule has 0 aliphatic carbocycles. The van der Waals surface area contributed by atoms with Gasteiger partial charge >= 0.3 is 0 Å². The molecule has 1 heterocycles. The number of rotatable bonds is 2. The summed E-state index contributed by atoms with van der Waals surface area (Å²) in [6.45, 7) is 3.29. The van der Waals surface area contributed by atoms with E-state index in [9.17, 15) is 4.79 Å². The summed E-state index contributed by atoms with van der Waals surface area (Å²) < 4.78 is 0. The average Bonchev–Trinajstić information content (AvgIpc) is 2.30. The van der Waals surface area contributed by atoms with Crippen LogP contribution < -0.4 is 10.6 Å². The highest BCUT2D eigenvalue weighted by Crippen LogP contribution is 2.16. The van der Waals surface area contributed by atoms with Crippen molar-refractivity contribution in [1.29, 1.82) is 0 Å². The van der Waals surface area contributed by atoms with Gasteiger partial charge in [0.1, 0.15) is 5.84 Å². The summed E-state index contributed by atoms with van der Waals surface area (Å²) in [6.07, 6.45) is 1.06. The Kier molecular flexibility index (Phi) is 3.19. The van der Waals surface area contributed by atoms with Gasteiger partial charge in [-0.25, -0.2) is 0 Å². The normalized spacial score (nSPS) is 14.9. The molecule has 1 amide bonds. The van der Waals surface area contributed by atoms with Crippen LogP contribution in [0.3, 0.4) is 0 Å². The molecule has 0 bridgehead atoms. The van der Waals surface area contributed by atoms with Crippen LogP contribution in [0.2, 0.25) is 0 Å². The predicted octanol–water partition coefficient (Wildman–Crippen LogP) is 1.38. The van der Waals surface area contributed by atoms with Gasteiger partial charge in [-0.05, 0) is 18.6 Å². The van der Waals surface area contributed by atoms with E-state index in [0.29, 0.717) is 0 Å². The number of amides is 1. The number of para-hydroxylation sites is 1. The van der Waals surface area contributed by atoms with E-state index in [1.165, 1.54) is 6.92 Å². The van der Waals surface area contributed by atoms with Crippen LogP contribution in [-0.2, 0) is 4.79 Å². The van der Waals surface area contributed by atoms with Crippen LogP contribution in [0.15, 0.2) is 29.3 Å². The van der Waals surface area contributed by atoms with Crippen molar-refractivity contribution < 1.29 is 4.79 Å². The fourth-order valence-corrected chi connectivity index (χ4v) is 1.70. The Bertz CT molecular complexity index is 426. The molecule has 0 aromatic heterocycles. The van der Waals surface area contributed by atoms with Crippen LogP contribution >= 0.6 is 0 Å². The maximum Gasteiger partial charge on any atom is 0.221 e. The number of anilines is 1. The number of hydrogen-bond donors (Lipinski definition) is 2. The predicted molar refractivity (Wildman–Crippen MR) is 64.8 cm³/mol. The maximum atomic E-state index is 11.1. The third kappa shape index (κ3) is 2.39. The van der Waals surface area contributed by atoms with Gasteiger partial charge in [0.2, 0.25) is 5.91 Å². The molecule has 4 heteroatoms. The van der Waals surface area contributed by atoms with Crippen LogP contribution in [0, 0.1) is 0 Å². The molecular weight excluding hydrogens is 202 g/mol. The number of nitrogens with zero attached hydrogens (tertiary/aromatic N) is 1. The number of benzene rings is 1. The fraction of sp³-hybridized carbons (Fsp3) is 0.333. The van der Waals surface area contributed by atoms with E-state index < -0.39 is 0 Å². The first kappa shape index (κ1) is 10.7. The molecule has 0 saturated heterocycles. The number of carbonyl (C=O) groups is 1. The minimum absolute atomic E-state index is 0.0659. The molecule has 2 N–H and O–H groups in total. The first-order valence-electron chi connectivity index (χ1n) is 5.42. The van der Waals surface area contributed by atoms with Gasteiger partial charge in [0, 0.05) is 25.6 Å². The van der Waals surface area contributed by atoms with Gasteiger partial charge in [-0.15, -0.1) is 0 Å². The van der Waals surface area contributed by atoms with Gasteiger partial charge < -0.3 is 10.6 Å². The van der Waals surface area contributed by atoms with Gasteiger partial charge in [0.05, 0.1) is 5.69 Å². The Morgan fingerprint density at radius 3 is 2.94 bits per heavy atom. The van der Waals surface area contributed by atoms with Crippen molar-refractivity contribution in [3.05, 3.63) is 29.8 Å². The van der Waals surface area contributed by atoms with E-state index in [-0.39, 0.29) is 5.91 Å². The molecule has 1 aliphatic heterocycles. The Morgan fingerprint density at radius 2 is 2.25 bits per heavy atom. The lowest BCUT2D eigenvalue weighted by molar-refractivity contribution is -0.114. The highest BCUT2D eigenvalue weighted by atomic mass is 16.1. The van der Waals surface area contributed by atoms with Crippen LogP contribution in [0.4, 0.5) is 5.69 Å². The molecule has 0 saturated carbocycles. The topological polar surface area (TPSA) is 53.5 Å². The second-order valence-electron chi connectivity index (χ2n) is 3.74. The zero-order valence-corrected chi connectivity index (χ0v) is 9.29. The quantitative estimate of drug-likeness (QED) is 0.786. The number of aliphatic imine (C=N–C) groups is 1. The molecule has 0 unspecified atom stereocenters. The molecule has 0 spiro atoms. The molecule has 1 aliphatic rings. The number of hydrogen-bond acceptors (Lipinski definition) is 3. The Balaban J connectivity index is 2.31. The molecule has 1 aromatic carbocycles. The molecular formula is C12H15N3O. The Hall–Kier alpha value is -1.84. The fourth-order valence-electron chi connectivity index (χ4n) is 1.70. The SMILES string of the molecule is CC(=O)Nc1ccccc1C1=NCCCN1. The summed E-state index contributed by atoms with van der Waals surface area (Å²) in [5.41, 5.74) is 1.76. The van der Waals surface area contributed by atoms with Gasteiger partial charge in [0.15, 0.2) is 0 Å². The van der Waals surface area contributed by atoms with Crippen molar-refractivity contribution in [1.82, 2.24) is 5.32 Å². The lowest BCUT2D eigenvalue weighted by atomic mass is 10.1. The monoisotopic (exact) mass is 217 g/mol. The maximum absolute atomic E-state index is 11.1. The third-order valence-corrected chi connectivity index (χ3v) is 2.39. The van der Waals surface area contributed by atoms with Crippen LogP contribution in [0.25, 0.3) is 0 Å². The molecule has 0 radical (unpaired) electrons. The van der Waals surface area contributed by atoms with Crippen LogP contribution in [-0.4, -0.2) is 24.8 Å². The van der Waals surface area contributed by atoms with E-state index in [4.69, 9.17) is 0 Å². The minimum atomic E-state index is -0.0659. The van der Waals surface area contributed by atoms with Crippen molar-refractivity contribution >= 4 is 17.4 Å². The average molecular weight is 217 g/mol. The van der Waals surface area contributed by atoms with Crippen molar-refractivity contribution in [2.24, 2.45) is 4.99 Å². The largest absolute Gasteiger partial charge is 0.370 e. The van der Waals surface area contributed by atoms with Crippen molar-refractivity contribution in [3.8, 4) is 0 Å². The standard InChI is InChI=1S/C12H15N3O/c1-9(16)15-11-6-3-2-5-10(11)12-13-7-4-8-14-12/h2-3,5-6H,4,7-8H2,1H3,(H,13,14)(H,15,16). The molecule has 0 atom stereocenters. The van der Waals surface area contributed by atoms with Gasteiger partial charge in [0.25, 0.3) is 0 Å². The minimum Gasteiger partial charge on any atom is -0.370 e. The summed E-state index contributed by atoms with van der Waals surface area (Å²) in [7, 11) is 0. The van der Waals surface area contributed by atoms with Crippen molar-refractivity contribution in [2.45, 2.75) is 13.3 Å². The lowest BCUT2D eigenvalue weighted by Gasteiger charge is -2.17. The molecule has 84 valence electrons. The zero-order valence-electron chi connectivity index (χ0n) is 9.29. The number of amidine groups is 1. The summed E-state index contributed by atoms with van der Waals surface area (Å²) >= 11 is 0. The molecule has 0 fully saturated rings. The molecule has 1 aromatic rings. The second kappa shape index (κ2) is 4.79. The second-order valence-corrected chi connectivity index (χ2v) is 3.74. The summed E-state index contributed by atoms with van der Waals surface area (Å²) in [5.74, 6) is 0.805. The lowest BCUT2D eigenvalue weighted by Crippen LogP contribution is -2.31. The summed E-state index contributed by atoms with van der Waals surface area (Å²) in [6, 6.07) is 7.69. The molecule has 4 nitrogen and oxygen atoms in total. The zero-order chi connectivity index (χ0) is 11.4. The van der Waals surface area contributed by atoms with Crippen LogP contribution in [0.1, 0.15) is 18.9 Å². The van der Waals surface area contributed by atoms with Gasteiger partial charge in [-0.2, -0.15) is 0 Å². The smallest absolute Gasteiger partial charge is 0.221 e. The van der Waals surface area contributed by atoms with E-state index in [2.05, 4.69) is 15.6 Å². The van der Waals surface area contributed by atoms with Crippen molar-refractivity contribution in [2.75, 3.05) is 18.4 Å². The Labute approximate surface area is 94.8 Å². The first-order valence-corrected chi connectivity index (χ1v) is 5.42. The first-order chi connectivity index (χ1) is 7.77. The van der Waals surface area contributed by atoms with E-state index >= 15 is 0 Å². The Morgan fingerprint density at radius 1 is 1.44 bits per heavy atom. The molecule has 16 heavy (non-hydrogen) atoms. The highest BCUT2D eigenvalue weighted by Gasteiger charge is 2.11. The van der Waals surface area contributed by atoms with E-state index in [0.717, 1.165) is 36.6 Å². The van der Waals surface area contributed by atoms with Gasteiger partial charge in [-0.1, -0.05) is 12.1 Å². The van der Waals surface area contributed by atoms with E-state index in [1.54, 1.807) is 0 Å². The summed E-state index contributed by atoms with van der Waals surface area (Å²) in [5, 5.41) is 6.06. The summed E-state index contributed by atoms with van der Waals surface area (Å²) in [4.78, 5) is 15.5. The third-order valence-electron chi connectivity index (χ3n) is 2.39. The van der Waals surface area contributed by atoms with Crippen molar-refractivity contribution in [3.63, 3.8) is 0 Å². The number of nitrogens with one attached hydrogen (secondary N) is 2. The number of carbonyl (C=O) groups excluding carboxylic acids is 1. The van der Waals surface area contributed by atoms with E-state index in [1.807, 2.05) is 24.3 Å². The highest BCUT2D eigenvalue weighted by molar-refractivity contribution is 6.06. The van der Waals surface area contributed by atoms with Crippen LogP contribution in [0.5, 0.6) is 0 Å². The molecule has 2 rings (SSSR count). The van der Waals surface area contributed by atoms with Gasteiger partial charge in [-0.3, -0.25) is 9.79 Å².